The van der Waals surface area contributed by atoms with Crippen molar-refractivity contribution in [3.8, 4) is 0 Å². The van der Waals surface area contributed by atoms with E-state index in [4.69, 9.17) is 4.74 Å². The molecule has 3 heteroatoms. The predicted octanol–water partition coefficient (Wildman–Crippen LogP) is 2.90. The van der Waals surface area contributed by atoms with Crippen molar-refractivity contribution in [1.29, 1.82) is 0 Å². The molecule has 0 radical (unpaired) electrons. The van der Waals surface area contributed by atoms with E-state index in [-0.39, 0.29) is 17.6 Å². The van der Waals surface area contributed by atoms with E-state index in [1.807, 2.05) is 18.7 Å². The minimum absolute atomic E-state index is 0.0220. The summed E-state index contributed by atoms with van der Waals surface area (Å²) in [7, 11) is 0. The quantitative estimate of drug-likeness (QED) is 0.670. The minimum atomic E-state index is -0.156. The van der Waals surface area contributed by atoms with Crippen LogP contribution in [-0.4, -0.2) is 30.2 Å². The highest BCUT2D eigenvalue weighted by atomic mass is 16.6. The number of likely N-dealkylation sites (tertiary alicyclic amines) is 1. The van der Waals surface area contributed by atoms with Crippen molar-refractivity contribution in [3.05, 3.63) is 0 Å². The molecule has 1 heterocycles. The van der Waals surface area contributed by atoms with Crippen molar-refractivity contribution in [3.63, 3.8) is 0 Å². The molecule has 1 unspecified atom stereocenters. The highest BCUT2D eigenvalue weighted by molar-refractivity contribution is 5.68. The van der Waals surface area contributed by atoms with Gasteiger partial charge in [-0.25, -0.2) is 4.79 Å². The molecule has 0 N–H and O–H groups in total. The molecule has 1 saturated heterocycles. The zero-order chi connectivity index (χ0) is 11.6. The summed E-state index contributed by atoms with van der Waals surface area (Å²) in [5, 5.41) is 0. The van der Waals surface area contributed by atoms with Gasteiger partial charge in [-0.15, -0.1) is 0 Å². The number of hydrogen-bond donors (Lipinski definition) is 0. The van der Waals surface area contributed by atoms with Crippen LogP contribution in [0.1, 0.15) is 41.0 Å². The van der Waals surface area contributed by atoms with Gasteiger partial charge in [0.1, 0.15) is 0 Å². The maximum atomic E-state index is 11.6. The van der Waals surface area contributed by atoms with Gasteiger partial charge in [0, 0.05) is 13.1 Å². The molecule has 0 aromatic carbocycles. The maximum Gasteiger partial charge on any atom is 0.410 e. The summed E-state index contributed by atoms with van der Waals surface area (Å²) in [4.78, 5) is 13.5. The lowest BCUT2D eigenvalue weighted by molar-refractivity contribution is 0.0805. The van der Waals surface area contributed by atoms with Crippen LogP contribution in [0.3, 0.4) is 0 Å². The number of nitrogens with zero attached hydrogens (tertiary/aromatic N) is 1. The topological polar surface area (TPSA) is 29.5 Å². The zero-order valence-corrected chi connectivity index (χ0v) is 10.5. The fraction of sp³-hybridized carbons (Fsp3) is 0.917. The fourth-order valence-corrected chi connectivity index (χ4v) is 1.91. The standard InChI is InChI=1S/C12H23NO2/c1-9(2)15-11(14)13-7-6-10(8-13)12(3,4)5/h9-10H,6-8H2,1-5H3. The Balaban J connectivity index is 2.46. The molecule has 0 aromatic rings. The third-order valence-electron chi connectivity index (χ3n) is 3.01. The van der Waals surface area contributed by atoms with Crippen molar-refractivity contribution in [2.45, 2.75) is 47.1 Å². The Labute approximate surface area is 92.8 Å². The molecule has 0 spiro atoms. The number of hydrogen-bond acceptors (Lipinski definition) is 2. The molecule has 1 rings (SSSR count). The van der Waals surface area contributed by atoms with Crippen LogP contribution < -0.4 is 0 Å². The average molecular weight is 213 g/mol. The van der Waals surface area contributed by atoms with Crippen LogP contribution in [0.25, 0.3) is 0 Å². The van der Waals surface area contributed by atoms with Crippen LogP contribution in [0, 0.1) is 11.3 Å². The Bertz CT molecular complexity index is 230. The summed E-state index contributed by atoms with van der Waals surface area (Å²) in [5.74, 6) is 0.595. The molecule has 0 aromatic heterocycles. The van der Waals surface area contributed by atoms with Crippen LogP contribution in [0.4, 0.5) is 4.79 Å². The van der Waals surface area contributed by atoms with E-state index < -0.39 is 0 Å². The fourth-order valence-electron chi connectivity index (χ4n) is 1.91. The summed E-state index contributed by atoms with van der Waals surface area (Å²) in [5.41, 5.74) is 0.285. The molecule has 88 valence electrons. The number of carbonyl (C=O) groups is 1. The van der Waals surface area contributed by atoms with Gasteiger partial charge in [-0.3, -0.25) is 0 Å². The number of amides is 1. The van der Waals surface area contributed by atoms with Crippen LogP contribution in [-0.2, 0) is 4.74 Å². The van der Waals surface area contributed by atoms with E-state index in [0.717, 1.165) is 19.5 Å². The maximum absolute atomic E-state index is 11.6. The first-order valence-electron chi connectivity index (χ1n) is 5.76. The number of ether oxygens (including phenoxy) is 1. The second-order valence-corrected chi connectivity index (χ2v) is 5.73. The lowest BCUT2D eigenvalue weighted by Crippen LogP contribution is -2.32. The first-order valence-corrected chi connectivity index (χ1v) is 5.76. The van der Waals surface area contributed by atoms with E-state index in [9.17, 15) is 4.79 Å². The Kier molecular flexibility index (Phi) is 3.63. The summed E-state index contributed by atoms with van der Waals surface area (Å²) >= 11 is 0. The lowest BCUT2D eigenvalue weighted by Gasteiger charge is -2.26. The van der Waals surface area contributed by atoms with Gasteiger partial charge < -0.3 is 9.64 Å². The van der Waals surface area contributed by atoms with Crippen LogP contribution in [0.15, 0.2) is 0 Å². The van der Waals surface area contributed by atoms with Gasteiger partial charge in [-0.2, -0.15) is 0 Å². The van der Waals surface area contributed by atoms with Crippen molar-refractivity contribution in [2.75, 3.05) is 13.1 Å². The van der Waals surface area contributed by atoms with Gasteiger partial charge in [0.25, 0.3) is 0 Å². The molecular weight excluding hydrogens is 190 g/mol. The first kappa shape index (κ1) is 12.3. The van der Waals surface area contributed by atoms with E-state index in [1.54, 1.807) is 0 Å². The van der Waals surface area contributed by atoms with E-state index in [2.05, 4.69) is 20.8 Å². The van der Waals surface area contributed by atoms with E-state index >= 15 is 0 Å². The van der Waals surface area contributed by atoms with Crippen molar-refractivity contribution < 1.29 is 9.53 Å². The highest BCUT2D eigenvalue weighted by Gasteiger charge is 2.34. The molecule has 0 bridgehead atoms. The summed E-state index contributed by atoms with van der Waals surface area (Å²) in [6.45, 7) is 12.1. The second kappa shape index (κ2) is 4.42. The average Bonchev–Trinajstić information content (AvgIpc) is 2.48. The van der Waals surface area contributed by atoms with Gasteiger partial charge in [-0.05, 0) is 31.6 Å². The third kappa shape index (κ3) is 3.40. The van der Waals surface area contributed by atoms with Gasteiger partial charge >= 0.3 is 6.09 Å². The third-order valence-corrected chi connectivity index (χ3v) is 3.01. The Morgan fingerprint density at radius 1 is 1.40 bits per heavy atom. The Morgan fingerprint density at radius 2 is 2.00 bits per heavy atom. The Hall–Kier alpha value is -0.730. The minimum Gasteiger partial charge on any atom is -0.447 e. The lowest BCUT2D eigenvalue weighted by atomic mass is 9.80. The molecule has 15 heavy (non-hydrogen) atoms. The second-order valence-electron chi connectivity index (χ2n) is 5.73. The van der Waals surface area contributed by atoms with Gasteiger partial charge in [0.15, 0.2) is 0 Å². The molecule has 0 saturated carbocycles. The molecule has 1 fully saturated rings. The van der Waals surface area contributed by atoms with Crippen molar-refractivity contribution >= 4 is 6.09 Å². The molecule has 1 aliphatic heterocycles. The molecule has 1 amide bonds. The van der Waals surface area contributed by atoms with Crippen molar-refractivity contribution in [1.82, 2.24) is 4.90 Å². The number of carbonyl (C=O) groups excluding carboxylic acids is 1. The Morgan fingerprint density at radius 3 is 2.40 bits per heavy atom. The van der Waals surface area contributed by atoms with Gasteiger partial charge in [0.2, 0.25) is 0 Å². The van der Waals surface area contributed by atoms with Gasteiger partial charge in [-0.1, -0.05) is 20.8 Å². The molecule has 1 atom stereocenters. The first-order chi connectivity index (χ1) is 6.80. The van der Waals surface area contributed by atoms with Crippen LogP contribution in [0.5, 0.6) is 0 Å². The molecule has 3 nitrogen and oxygen atoms in total. The van der Waals surface area contributed by atoms with E-state index in [0.29, 0.717) is 5.92 Å². The van der Waals surface area contributed by atoms with Gasteiger partial charge in [0.05, 0.1) is 6.10 Å². The van der Waals surface area contributed by atoms with Crippen molar-refractivity contribution in [2.24, 2.45) is 11.3 Å². The summed E-state index contributed by atoms with van der Waals surface area (Å²) in [6.07, 6.45) is 0.916. The summed E-state index contributed by atoms with van der Waals surface area (Å²) < 4.78 is 5.18. The normalized spacial score (nSPS) is 22.3. The molecular formula is C12H23NO2. The zero-order valence-electron chi connectivity index (χ0n) is 10.5. The summed E-state index contributed by atoms with van der Waals surface area (Å²) in [6, 6.07) is 0. The van der Waals surface area contributed by atoms with E-state index in [1.165, 1.54) is 0 Å². The number of rotatable bonds is 1. The predicted molar refractivity (Wildman–Crippen MR) is 60.8 cm³/mol. The highest BCUT2D eigenvalue weighted by Crippen LogP contribution is 2.33. The largest absolute Gasteiger partial charge is 0.447 e. The molecule has 1 aliphatic rings. The monoisotopic (exact) mass is 213 g/mol. The SMILES string of the molecule is CC(C)OC(=O)N1CCC(C(C)(C)C)C1. The smallest absolute Gasteiger partial charge is 0.410 e. The van der Waals surface area contributed by atoms with Crippen LogP contribution in [0.2, 0.25) is 0 Å². The molecule has 0 aliphatic carbocycles. The van der Waals surface area contributed by atoms with Crippen LogP contribution >= 0.6 is 0 Å².